The van der Waals surface area contributed by atoms with Crippen molar-refractivity contribution >= 4 is 34.8 Å². The third-order valence-electron chi connectivity index (χ3n) is 3.89. The number of carbonyl (C=O) groups is 1. The zero-order valence-corrected chi connectivity index (χ0v) is 15.8. The number of hydrogen-bond acceptors (Lipinski definition) is 5. The molecule has 0 saturated carbocycles. The van der Waals surface area contributed by atoms with E-state index in [1.54, 1.807) is 18.2 Å². The third-order valence-corrected chi connectivity index (χ3v) is 4.48. The number of hydrazone groups is 1. The summed E-state index contributed by atoms with van der Waals surface area (Å²) in [6.07, 6.45) is -4.61. The first kappa shape index (κ1) is 20.4. The predicted molar refractivity (Wildman–Crippen MR) is 94.2 cm³/mol. The summed E-state index contributed by atoms with van der Waals surface area (Å²) < 4.78 is 46.3. The average Bonchev–Trinajstić information content (AvgIpc) is 3.18. The van der Waals surface area contributed by atoms with Gasteiger partial charge in [0.25, 0.3) is 11.6 Å². The van der Waals surface area contributed by atoms with Crippen molar-refractivity contribution in [2.24, 2.45) is 5.10 Å². The highest BCUT2D eigenvalue weighted by molar-refractivity contribution is 6.37. The molecule has 7 nitrogen and oxygen atoms in total. The molecule has 2 aromatic rings. The lowest BCUT2D eigenvalue weighted by Gasteiger charge is -2.32. The van der Waals surface area contributed by atoms with E-state index in [1.807, 2.05) is 0 Å². The third kappa shape index (κ3) is 3.67. The lowest BCUT2D eigenvalue weighted by molar-refractivity contribution is -0.297. The maximum Gasteiger partial charge on any atom is 0.438 e. The van der Waals surface area contributed by atoms with Crippen molar-refractivity contribution in [2.45, 2.75) is 32.0 Å². The highest BCUT2D eigenvalue weighted by Gasteiger charge is 2.63. The molecule has 0 saturated heterocycles. The van der Waals surface area contributed by atoms with Crippen LogP contribution >= 0.6 is 23.2 Å². The second-order valence-electron chi connectivity index (χ2n) is 6.01. The summed E-state index contributed by atoms with van der Waals surface area (Å²) in [6, 6.07) is 5.93. The van der Waals surface area contributed by atoms with Crippen LogP contribution < -0.4 is 4.74 Å². The number of ether oxygens (including phenoxy) is 1. The van der Waals surface area contributed by atoms with Crippen molar-refractivity contribution in [2.75, 3.05) is 0 Å². The molecule has 0 radical (unpaired) electrons. The Morgan fingerprint density at radius 2 is 1.96 bits per heavy atom. The monoisotopic (exact) mass is 436 g/mol. The van der Waals surface area contributed by atoms with E-state index in [4.69, 9.17) is 27.9 Å². The molecule has 2 heterocycles. The van der Waals surface area contributed by atoms with Gasteiger partial charge < -0.3 is 9.84 Å². The topological polar surface area (TPSA) is 80.0 Å². The van der Waals surface area contributed by atoms with E-state index in [0.29, 0.717) is 0 Å². The van der Waals surface area contributed by atoms with Gasteiger partial charge in [0.1, 0.15) is 0 Å². The van der Waals surface area contributed by atoms with Crippen molar-refractivity contribution in [1.82, 2.24) is 14.8 Å². The lowest BCUT2D eigenvalue weighted by Crippen LogP contribution is -2.56. The van der Waals surface area contributed by atoms with Crippen molar-refractivity contribution in [3.8, 4) is 5.75 Å². The summed E-state index contributed by atoms with van der Waals surface area (Å²) in [7, 11) is 0. The van der Waals surface area contributed by atoms with Gasteiger partial charge in [0, 0.05) is 18.3 Å². The number of nitrogens with zero attached hydrogens (tertiary/aromatic N) is 4. The number of hydrogen-bond donors (Lipinski definition) is 1. The molecule has 0 spiro atoms. The average molecular weight is 437 g/mol. The van der Waals surface area contributed by atoms with E-state index in [1.165, 1.54) is 19.2 Å². The minimum atomic E-state index is -5.09. The van der Waals surface area contributed by atoms with Gasteiger partial charge in [0.15, 0.2) is 18.2 Å². The zero-order chi connectivity index (χ0) is 20.7. The first-order valence-corrected chi connectivity index (χ1v) is 8.56. The molecule has 0 aliphatic carbocycles. The Balaban J connectivity index is 1.77. The molecule has 150 valence electrons. The van der Waals surface area contributed by atoms with E-state index in [2.05, 4.69) is 10.2 Å². The minimum Gasteiger partial charge on any atom is -0.468 e. The number of amides is 1. The molecule has 0 fully saturated rings. The van der Waals surface area contributed by atoms with Gasteiger partial charge in [-0.2, -0.15) is 28.4 Å². The molecular formula is C16H13Cl2F3N4O3. The fourth-order valence-corrected chi connectivity index (χ4v) is 3.07. The normalized spacial score (nSPS) is 19.7. The van der Waals surface area contributed by atoms with E-state index in [9.17, 15) is 23.1 Å². The molecule has 12 heteroatoms. The summed E-state index contributed by atoms with van der Waals surface area (Å²) in [5, 5.41) is 17.9. The molecule has 1 N–H and O–H groups in total. The van der Waals surface area contributed by atoms with Gasteiger partial charge in [-0.1, -0.05) is 29.3 Å². The Labute approximate surface area is 166 Å². The van der Waals surface area contributed by atoms with Crippen LogP contribution in [-0.4, -0.2) is 43.4 Å². The molecule has 1 aromatic heterocycles. The maximum atomic E-state index is 13.2. The number of halogens is 5. The van der Waals surface area contributed by atoms with Gasteiger partial charge in [-0.25, -0.2) is 4.68 Å². The molecule has 0 bridgehead atoms. The number of alkyl halides is 3. The predicted octanol–water partition coefficient (Wildman–Crippen LogP) is 3.70. The Kier molecular flexibility index (Phi) is 5.30. The Morgan fingerprint density at radius 1 is 1.32 bits per heavy atom. The van der Waals surface area contributed by atoms with Gasteiger partial charge in [-0.3, -0.25) is 4.79 Å². The summed E-state index contributed by atoms with van der Waals surface area (Å²) in [5.74, 6) is -1.01. The molecule has 28 heavy (non-hydrogen) atoms. The fourth-order valence-electron chi connectivity index (χ4n) is 2.56. The Hall–Kier alpha value is -2.30. The van der Waals surface area contributed by atoms with Crippen LogP contribution in [0.15, 0.2) is 35.6 Å². The first-order chi connectivity index (χ1) is 13.0. The molecule has 1 amide bonds. The van der Waals surface area contributed by atoms with E-state index in [-0.39, 0.29) is 38.9 Å². The van der Waals surface area contributed by atoms with Gasteiger partial charge in [0.2, 0.25) is 0 Å². The van der Waals surface area contributed by atoms with Crippen molar-refractivity contribution in [3.63, 3.8) is 0 Å². The van der Waals surface area contributed by atoms with Gasteiger partial charge in [-0.15, -0.1) is 0 Å². The molecular weight excluding hydrogens is 424 g/mol. The number of carbonyl (C=O) groups excluding carboxylic acids is 1. The van der Waals surface area contributed by atoms with Crippen LogP contribution in [-0.2, 0) is 6.73 Å². The van der Waals surface area contributed by atoms with Gasteiger partial charge in [-0.05, 0) is 25.1 Å². The standard InChI is InChI=1S/C16H13Cl2F3N4O3/c1-9-7-15(27,16(19,20)21)25(22-9)14(26)12-5-6-24(23-12)8-28-13-10(17)3-2-4-11(13)18/h2-6,27H,7-8H2,1H3/t15-/m1/s1. The highest BCUT2D eigenvalue weighted by atomic mass is 35.5. The van der Waals surface area contributed by atoms with Crippen LogP contribution in [0.5, 0.6) is 5.75 Å². The van der Waals surface area contributed by atoms with Crippen LogP contribution in [0.2, 0.25) is 10.0 Å². The largest absolute Gasteiger partial charge is 0.468 e. The maximum absolute atomic E-state index is 13.2. The molecule has 1 atom stereocenters. The number of rotatable bonds is 4. The van der Waals surface area contributed by atoms with Crippen molar-refractivity contribution in [1.29, 1.82) is 0 Å². The van der Waals surface area contributed by atoms with E-state index >= 15 is 0 Å². The molecule has 1 aliphatic heterocycles. The molecule has 0 unspecified atom stereocenters. The minimum absolute atomic E-state index is 0.000790. The van der Waals surface area contributed by atoms with Crippen LogP contribution in [0.3, 0.4) is 0 Å². The number of aromatic nitrogens is 2. The summed E-state index contributed by atoms with van der Waals surface area (Å²) in [6.45, 7) is 1.08. The first-order valence-electron chi connectivity index (χ1n) is 7.81. The molecule has 3 rings (SSSR count). The quantitative estimate of drug-likeness (QED) is 0.792. The second kappa shape index (κ2) is 7.26. The zero-order valence-electron chi connectivity index (χ0n) is 14.2. The van der Waals surface area contributed by atoms with E-state index in [0.717, 1.165) is 4.68 Å². The number of benzene rings is 1. The van der Waals surface area contributed by atoms with Crippen LogP contribution in [0.4, 0.5) is 13.2 Å². The molecule has 1 aliphatic rings. The van der Waals surface area contributed by atoms with Crippen LogP contribution in [0.1, 0.15) is 23.8 Å². The Bertz CT molecular complexity index is 927. The van der Waals surface area contributed by atoms with Crippen molar-refractivity contribution < 1.29 is 27.8 Å². The summed E-state index contributed by atoms with van der Waals surface area (Å²) >= 11 is 12.0. The second-order valence-corrected chi connectivity index (χ2v) is 6.82. The summed E-state index contributed by atoms with van der Waals surface area (Å²) in [5.41, 5.74) is -3.81. The van der Waals surface area contributed by atoms with Crippen LogP contribution in [0.25, 0.3) is 0 Å². The number of aliphatic hydroxyl groups is 1. The highest BCUT2D eigenvalue weighted by Crippen LogP contribution is 2.40. The lowest BCUT2D eigenvalue weighted by atomic mass is 10.1. The summed E-state index contributed by atoms with van der Waals surface area (Å²) in [4.78, 5) is 12.5. The SMILES string of the molecule is CC1=NN(C(=O)c2ccn(COc3c(Cl)cccc3Cl)n2)[C@](O)(C(F)(F)F)C1. The van der Waals surface area contributed by atoms with Gasteiger partial charge in [0.05, 0.1) is 10.0 Å². The molecule has 1 aromatic carbocycles. The van der Waals surface area contributed by atoms with Crippen LogP contribution in [0, 0.1) is 0 Å². The Morgan fingerprint density at radius 3 is 2.57 bits per heavy atom. The van der Waals surface area contributed by atoms with Gasteiger partial charge >= 0.3 is 6.18 Å². The van der Waals surface area contributed by atoms with Crippen molar-refractivity contribution in [3.05, 3.63) is 46.2 Å². The van der Waals surface area contributed by atoms with E-state index < -0.39 is 24.2 Å². The smallest absolute Gasteiger partial charge is 0.438 e. The fraction of sp³-hybridized carbons (Fsp3) is 0.312. The number of para-hydroxylation sites is 1.